The first-order valence-corrected chi connectivity index (χ1v) is 5.28. The molecule has 13 heavy (non-hydrogen) atoms. The fraction of sp³-hybridized carbons (Fsp3) is 0.778. The summed E-state index contributed by atoms with van der Waals surface area (Å²) in [5.74, 6) is 0. The van der Waals surface area contributed by atoms with Crippen LogP contribution < -0.4 is 5.32 Å². The normalized spacial score (nSPS) is 24.8. The van der Waals surface area contributed by atoms with Crippen molar-refractivity contribution < 1.29 is 0 Å². The van der Waals surface area contributed by atoms with E-state index in [1.807, 2.05) is 0 Å². The van der Waals surface area contributed by atoms with E-state index in [-0.39, 0.29) is 5.54 Å². The molecule has 0 aromatic rings. The molecule has 76 valence electrons. The van der Waals surface area contributed by atoms with Crippen LogP contribution in [0.3, 0.4) is 0 Å². The first-order valence-electron chi connectivity index (χ1n) is 4.47. The number of nitrogens with one attached hydrogen (secondary N) is 1. The molecule has 0 aromatic heterocycles. The molecule has 4 heteroatoms. The van der Waals surface area contributed by atoms with E-state index < -0.39 is 0 Å². The highest BCUT2D eigenvalue weighted by atomic mass is 35.5. The van der Waals surface area contributed by atoms with Crippen molar-refractivity contribution in [1.29, 1.82) is 0 Å². The molecule has 0 atom stereocenters. The Morgan fingerprint density at radius 2 is 2.31 bits per heavy atom. The van der Waals surface area contributed by atoms with Gasteiger partial charge in [-0.15, -0.1) is 0 Å². The highest BCUT2D eigenvalue weighted by Gasteiger charge is 2.29. The Bertz CT molecular complexity index is 202. The number of halogens is 2. The SMILES string of the molecule is CC1(C)CNCCN1CC(Cl)=CCl. The second kappa shape index (κ2) is 4.65. The molecule has 0 bridgehead atoms. The molecule has 1 fully saturated rings. The fourth-order valence-corrected chi connectivity index (χ4v) is 1.75. The van der Waals surface area contributed by atoms with E-state index in [9.17, 15) is 0 Å². The molecular formula is C9H16Cl2N2. The molecule has 0 aromatic carbocycles. The minimum atomic E-state index is 0.165. The molecule has 0 spiro atoms. The van der Waals surface area contributed by atoms with Crippen molar-refractivity contribution in [1.82, 2.24) is 10.2 Å². The lowest BCUT2D eigenvalue weighted by Gasteiger charge is -2.42. The van der Waals surface area contributed by atoms with Gasteiger partial charge in [-0.25, -0.2) is 0 Å². The zero-order valence-corrected chi connectivity index (χ0v) is 9.62. The van der Waals surface area contributed by atoms with Gasteiger partial charge in [-0.05, 0) is 13.8 Å². The number of hydrogen-bond acceptors (Lipinski definition) is 2. The summed E-state index contributed by atoms with van der Waals surface area (Å²) >= 11 is 11.4. The Kier molecular flexibility index (Phi) is 4.05. The van der Waals surface area contributed by atoms with Crippen LogP contribution in [-0.4, -0.2) is 36.6 Å². The summed E-state index contributed by atoms with van der Waals surface area (Å²) in [6, 6.07) is 0. The first kappa shape index (κ1) is 11.3. The van der Waals surface area contributed by atoms with E-state index >= 15 is 0 Å². The van der Waals surface area contributed by atoms with Crippen LogP contribution in [0.25, 0.3) is 0 Å². The van der Waals surface area contributed by atoms with E-state index in [2.05, 4.69) is 24.1 Å². The minimum Gasteiger partial charge on any atom is -0.314 e. The Balaban J connectivity index is 2.56. The lowest BCUT2D eigenvalue weighted by molar-refractivity contribution is 0.104. The van der Waals surface area contributed by atoms with Gasteiger partial charge in [0.2, 0.25) is 0 Å². The molecule has 1 aliphatic rings. The van der Waals surface area contributed by atoms with Crippen LogP contribution >= 0.6 is 23.2 Å². The summed E-state index contributed by atoms with van der Waals surface area (Å²) in [5, 5.41) is 4.06. The Labute approximate surface area is 89.9 Å². The van der Waals surface area contributed by atoms with E-state index in [0.29, 0.717) is 5.03 Å². The van der Waals surface area contributed by atoms with Gasteiger partial charge in [-0.2, -0.15) is 0 Å². The summed E-state index contributed by atoms with van der Waals surface area (Å²) in [7, 11) is 0. The minimum absolute atomic E-state index is 0.165. The quantitative estimate of drug-likeness (QED) is 0.770. The van der Waals surface area contributed by atoms with Crippen molar-refractivity contribution in [2.24, 2.45) is 0 Å². The van der Waals surface area contributed by atoms with E-state index in [1.165, 1.54) is 5.54 Å². The molecule has 0 radical (unpaired) electrons. The van der Waals surface area contributed by atoms with Crippen molar-refractivity contribution in [2.75, 3.05) is 26.2 Å². The summed E-state index contributed by atoms with van der Waals surface area (Å²) in [6.45, 7) is 8.21. The first-order chi connectivity index (χ1) is 6.06. The van der Waals surface area contributed by atoms with E-state index in [4.69, 9.17) is 23.2 Å². The van der Waals surface area contributed by atoms with Gasteiger partial charge in [-0.1, -0.05) is 23.2 Å². The topological polar surface area (TPSA) is 15.3 Å². The van der Waals surface area contributed by atoms with Crippen LogP contribution in [0, 0.1) is 0 Å². The van der Waals surface area contributed by atoms with Gasteiger partial charge in [0.05, 0.1) is 0 Å². The second-order valence-electron chi connectivity index (χ2n) is 3.97. The predicted octanol–water partition coefficient (Wildman–Crippen LogP) is 1.99. The molecule has 0 unspecified atom stereocenters. The Morgan fingerprint density at radius 1 is 1.62 bits per heavy atom. The monoisotopic (exact) mass is 222 g/mol. The largest absolute Gasteiger partial charge is 0.314 e. The van der Waals surface area contributed by atoms with Crippen molar-refractivity contribution >= 4 is 23.2 Å². The maximum Gasteiger partial charge on any atom is 0.0434 e. The van der Waals surface area contributed by atoms with Gasteiger partial charge in [-0.3, -0.25) is 4.90 Å². The molecule has 1 rings (SSSR count). The maximum absolute atomic E-state index is 5.89. The molecule has 1 heterocycles. The van der Waals surface area contributed by atoms with Crippen LogP contribution in [0.15, 0.2) is 10.6 Å². The number of hydrogen-bond donors (Lipinski definition) is 1. The maximum atomic E-state index is 5.89. The van der Waals surface area contributed by atoms with Crippen molar-refractivity contribution in [2.45, 2.75) is 19.4 Å². The average Bonchev–Trinajstić information content (AvgIpc) is 2.08. The fourth-order valence-electron chi connectivity index (χ4n) is 1.53. The summed E-state index contributed by atoms with van der Waals surface area (Å²) in [4.78, 5) is 2.34. The third-order valence-electron chi connectivity index (χ3n) is 2.43. The molecular weight excluding hydrogens is 207 g/mol. The molecule has 0 amide bonds. The molecule has 1 saturated heterocycles. The molecule has 0 aliphatic carbocycles. The Morgan fingerprint density at radius 3 is 2.85 bits per heavy atom. The van der Waals surface area contributed by atoms with Gasteiger partial charge in [0.25, 0.3) is 0 Å². The highest BCUT2D eigenvalue weighted by molar-refractivity contribution is 6.36. The lowest BCUT2D eigenvalue weighted by atomic mass is 10.0. The van der Waals surface area contributed by atoms with E-state index in [1.54, 1.807) is 0 Å². The average molecular weight is 223 g/mol. The standard InChI is InChI=1S/C9H16Cl2N2/c1-9(2)7-12-3-4-13(9)6-8(11)5-10/h5,12H,3-4,6-7H2,1-2H3. The van der Waals surface area contributed by atoms with Gasteiger partial charge >= 0.3 is 0 Å². The van der Waals surface area contributed by atoms with Gasteiger partial charge in [0.15, 0.2) is 0 Å². The smallest absolute Gasteiger partial charge is 0.0434 e. The predicted molar refractivity (Wildman–Crippen MR) is 58.3 cm³/mol. The van der Waals surface area contributed by atoms with Gasteiger partial charge < -0.3 is 5.32 Å². The zero-order valence-electron chi connectivity index (χ0n) is 8.11. The van der Waals surface area contributed by atoms with Crippen LogP contribution in [0.1, 0.15) is 13.8 Å². The van der Waals surface area contributed by atoms with Crippen LogP contribution in [0.5, 0.6) is 0 Å². The van der Waals surface area contributed by atoms with Crippen molar-refractivity contribution in [3.63, 3.8) is 0 Å². The second-order valence-corrected chi connectivity index (χ2v) is 4.67. The molecule has 0 saturated carbocycles. The molecule has 1 aliphatic heterocycles. The summed E-state index contributed by atoms with van der Waals surface area (Å²) < 4.78 is 0. The third-order valence-corrected chi connectivity index (χ3v) is 3.04. The van der Waals surface area contributed by atoms with Crippen molar-refractivity contribution in [3.8, 4) is 0 Å². The van der Waals surface area contributed by atoms with Gasteiger partial charge in [0, 0.05) is 42.3 Å². The summed E-state index contributed by atoms with van der Waals surface area (Å²) in [6.07, 6.45) is 0. The number of nitrogens with zero attached hydrogens (tertiary/aromatic N) is 1. The number of piperazine rings is 1. The summed E-state index contributed by atoms with van der Waals surface area (Å²) in [5.41, 5.74) is 1.61. The van der Waals surface area contributed by atoms with Crippen LogP contribution in [-0.2, 0) is 0 Å². The third kappa shape index (κ3) is 3.13. The molecule has 1 N–H and O–H groups in total. The lowest BCUT2D eigenvalue weighted by Crippen LogP contribution is -2.58. The van der Waals surface area contributed by atoms with Crippen LogP contribution in [0.4, 0.5) is 0 Å². The van der Waals surface area contributed by atoms with Crippen molar-refractivity contribution in [3.05, 3.63) is 10.6 Å². The number of rotatable bonds is 2. The van der Waals surface area contributed by atoms with Gasteiger partial charge in [0.1, 0.15) is 0 Å². The zero-order chi connectivity index (χ0) is 9.90. The van der Waals surface area contributed by atoms with E-state index in [0.717, 1.165) is 26.2 Å². The molecule has 2 nitrogen and oxygen atoms in total. The highest BCUT2D eigenvalue weighted by Crippen LogP contribution is 2.19. The Hall–Kier alpha value is 0.240. The van der Waals surface area contributed by atoms with Crippen LogP contribution in [0.2, 0.25) is 0 Å².